The van der Waals surface area contributed by atoms with Crippen LogP contribution in [0.5, 0.6) is 0 Å². The van der Waals surface area contributed by atoms with Crippen molar-refractivity contribution in [3.05, 3.63) is 4.88 Å². The predicted octanol–water partition coefficient (Wildman–Crippen LogP) is 2.11. The van der Waals surface area contributed by atoms with E-state index in [0.717, 1.165) is 36.3 Å². The number of rotatable bonds is 2. The van der Waals surface area contributed by atoms with Crippen molar-refractivity contribution in [1.82, 2.24) is 10.3 Å². The molecule has 1 aromatic rings. The Morgan fingerprint density at radius 2 is 2.00 bits per heavy atom. The number of ether oxygens (including phenoxy) is 1. The molecule has 0 atom stereocenters. The summed E-state index contributed by atoms with van der Waals surface area (Å²) in [6.45, 7) is 12.2. The Labute approximate surface area is 130 Å². The number of nitrogens with one attached hydrogen (secondary N) is 1. The van der Waals surface area contributed by atoms with E-state index in [1.54, 1.807) is 11.3 Å². The van der Waals surface area contributed by atoms with Gasteiger partial charge in [0.05, 0.1) is 0 Å². The summed E-state index contributed by atoms with van der Waals surface area (Å²) in [4.78, 5) is 17.5. The molecule has 0 amide bonds. The number of anilines is 1. The number of hydrogen-bond donors (Lipinski definition) is 2. The maximum absolute atomic E-state index is 9.60. The van der Waals surface area contributed by atoms with E-state index in [1.165, 1.54) is 4.88 Å². The second-order valence-corrected chi connectivity index (χ2v) is 7.04. The van der Waals surface area contributed by atoms with E-state index in [9.17, 15) is 4.79 Å². The summed E-state index contributed by atoms with van der Waals surface area (Å²) in [6.07, 6.45) is 0. The first-order valence-electron chi connectivity index (χ1n) is 6.57. The Morgan fingerprint density at radius 1 is 1.40 bits per heavy atom. The standard InChI is InChI=1S/C8H13N3S2.C5H10O2/c1-6-7(12)10-8(13-6)11-4-2-9-3-5-11;1-5(2,3)7-4-6/h9,12H,2-5H2,1H3;4H,1-3H3. The number of carbonyl (C=O) groups is 1. The van der Waals surface area contributed by atoms with E-state index in [0.29, 0.717) is 6.47 Å². The summed E-state index contributed by atoms with van der Waals surface area (Å²) in [6, 6.07) is 0. The number of carbonyl (C=O) groups excluding carboxylic acids is 1. The number of nitrogens with zero attached hydrogens (tertiary/aromatic N) is 2. The highest BCUT2D eigenvalue weighted by Crippen LogP contribution is 2.27. The molecule has 1 aliphatic heterocycles. The van der Waals surface area contributed by atoms with E-state index in [2.05, 4.69) is 39.5 Å². The molecule has 0 spiro atoms. The SMILES string of the molecule is CC(C)(C)OC=O.Cc1sc(N2CCNCC2)nc1S. The summed E-state index contributed by atoms with van der Waals surface area (Å²) >= 11 is 6.03. The third kappa shape index (κ3) is 6.11. The highest BCUT2D eigenvalue weighted by atomic mass is 32.1. The minimum Gasteiger partial charge on any atom is -0.462 e. The first kappa shape index (κ1) is 17.3. The van der Waals surface area contributed by atoms with Gasteiger partial charge in [0.15, 0.2) is 5.13 Å². The van der Waals surface area contributed by atoms with Crippen molar-refractivity contribution >= 4 is 35.6 Å². The topological polar surface area (TPSA) is 54.5 Å². The molecule has 2 rings (SSSR count). The molecule has 7 heteroatoms. The van der Waals surface area contributed by atoms with Gasteiger partial charge in [0.25, 0.3) is 6.47 Å². The zero-order valence-electron chi connectivity index (χ0n) is 12.5. The molecule has 5 nitrogen and oxygen atoms in total. The maximum atomic E-state index is 9.60. The molecule has 0 aromatic carbocycles. The minimum atomic E-state index is -0.318. The largest absolute Gasteiger partial charge is 0.462 e. The lowest BCUT2D eigenvalue weighted by atomic mass is 10.2. The van der Waals surface area contributed by atoms with Gasteiger partial charge >= 0.3 is 0 Å². The van der Waals surface area contributed by atoms with E-state index in [4.69, 9.17) is 0 Å². The summed E-state index contributed by atoms with van der Waals surface area (Å²) in [5.74, 6) is 0. The van der Waals surface area contributed by atoms with Crippen LogP contribution in [0, 0.1) is 6.92 Å². The third-order valence-electron chi connectivity index (χ3n) is 2.55. The fourth-order valence-corrected chi connectivity index (χ4v) is 2.67. The van der Waals surface area contributed by atoms with Crippen molar-refractivity contribution in [2.45, 2.75) is 38.3 Å². The van der Waals surface area contributed by atoms with E-state index < -0.39 is 0 Å². The molecular formula is C13H23N3O2S2. The number of hydrogen-bond acceptors (Lipinski definition) is 7. The normalized spacial score (nSPS) is 15.3. The number of piperazine rings is 1. The Morgan fingerprint density at radius 3 is 2.35 bits per heavy atom. The summed E-state index contributed by atoms with van der Waals surface area (Å²) in [7, 11) is 0. The van der Waals surface area contributed by atoms with Gasteiger partial charge in [-0.25, -0.2) is 4.98 Å². The van der Waals surface area contributed by atoms with Gasteiger partial charge in [-0.05, 0) is 27.7 Å². The first-order valence-corrected chi connectivity index (χ1v) is 7.83. The number of aromatic nitrogens is 1. The Kier molecular flexibility index (Phi) is 6.78. The van der Waals surface area contributed by atoms with Gasteiger partial charge in [0.1, 0.15) is 10.6 Å². The second kappa shape index (κ2) is 7.85. The van der Waals surface area contributed by atoms with Crippen molar-refractivity contribution in [3.8, 4) is 0 Å². The van der Waals surface area contributed by atoms with Crippen molar-refractivity contribution in [2.24, 2.45) is 0 Å². The molecule has 0 aliphatic carbocycles. The predicted molar refractivity (Wildman–Crippen MR) is 86.1 cm³/mol. The molecule has 1 aliphatic rings. The fraction of sp³-hybridized carbons (Fsp3) is 0.692. The molecule has 114 valence electrons. The van der Waals surface area contributed by atoms with Gasteiger partial charge < -0.3 is 15.0 Å². The van der Waals surface area contributed by atoms with Crippen LogP contribution in [-0.4, -0.2) is 43.2 Å². The van der Waals surface area contributed by atoms with Crippen molar-refractivity contribution in [3.63, 3.8) is 0 Å². The van der Waals surface area contributed by atoms with Crippen LogP contribution in [0.1, 0.15) is 25.6 Å². The van der Waals surface area contributed by atoms with Gasteiger partial charge in [0, 0.05) is 31.1 Å². The molecule has 1 saturated heterocycles. The number of thiazole rings is 1. The maximum Gasteiger partial charge on any atom is 0.293 e. The van der Waals surface area contributed by atoms with Crippen LogP contribution in [0.25, 0.3) is 0 Å². The van der Waals surface area contributed by atoms with E-state index >= 15 is 0 Å². The molecular weight excluding hydrogens is 294 g/mol. The molecule has 20 heavy (non-hydrogen) atoms. The van der Waals surface area contributed by atoms with Crippen LogP contribution in [0.15, 0.2) is 5.03 Å². The van der Waals surface area contributed by atoms with Gasteiger partial charge in [-0.3, -0.25) is 4.79 Å². The van der Waals surface area contributed by atoms with Crippen LogP contribution < -0.4 is 10.2 Å². The van der Waals surface area contributed by atoms with Crippen LogP contribution in [0.2, 0.25) is 0 Å². The highest BCUT2D eigenvalue weighted by molar-refractivity contribution is 7.80. The lowest BCUT2D eigenvalue weighted by molar-refractivity contribution is -0.138. The smallest absolute Gasteiger partial charge is 0.293 e. The van der Waals surface area contributed by atoms with E-state index in [1.807, 2.05) is 20.8 Å². The number of aryl methyl sites for hydroxylation is 1. The lowest BCUT2D eigenvalue weighted by Crippen LogP contribution is -2.43. The number of thiol groups is 1. The van der Waals surface area contributed by atoms with Gasteiger partial charge in [-0.15, -0.1) is 24.0 Å². The van der Waals surface area contributed by atoms with Crippen LogP contribution in [-0.2, 0) is 9.53 Å². The Bertz CT molecular complexity index is 404. The van der Waals surface area contributed by atoms with Crippen molar-refractivity contribution < 1.29 is 9.53 Å². The average molecular weight is 317 g/mol. The third-order valence-corrected chi connectivity index (χ3v) is 4.17. The second-order valence-electron chi connectivity index (χ2n) is 5.44. The van der Waals surface area contributed by atoms with Gasteiger partial charge in [-0.2, -0.15) is 0 Å². The molecule has 0 saturated carbocycles. The van der Waals surface area contributed by atoms with Crippen LogP contribution >= 0.6 is 24.0 Å². The Hall–Kier alpha value is -0.790. The molecule has 1 N–H and O–H groups in total. The molecule has 0 unspecified atom stereocenters. The molecule has 0 radical (unpaired) electrons. The first-order chi connectivity index (χ1) is 9.33. The van der Waals surface area contributed by atoms with Gasteiger partial charge in [-0.1, -0.05) is 0 Å². The van der Waals surface area contributed by atoms with E-state index in [-0.39, 0.29) is 5.60 Å². The summed E-state index contributed by atoms with van der Waals surface area (Å²) in [5, 5.41) is 5.31. The lowest BCUT2D eigenvalue weighted by Gasteiger charge is -2.26. The zero-order valence-corrected chi connectivity index (χ0v) is 14.2. The quantitative estimate of drug-likeness (QED) is 0.646. The molecule has 1 aromatic heterocycles. The summed E-state index contributed by atoms with van der Waals surface area (Å²) in [5.41, 5.74) is -0.318. The van der Waals surface area contributed by atoms with Crippen molar-refractivity contribution in [2.75, 3.05) is 31.1 Å². The van der Waals surface area contributed by atoms with Crippen LogP contribution in [0.4, 0.5) is 5.13 Å². The zero-order chi connectivity index (χ0) is 15.2. The Balaban J connectivity index is 0.000000246. The molecule has 1 fully saturated rings. The molecule has 0 bridgehead atoms. The minimum absolute atomic E-state index is 0.318. The van der Waals surface area contributed by atoms with Crippen LogP contribution in [0.3, 0.4) is 0 Å². The molecule has 2 heterocycles. The van der Waals surface area contributed by atoms with Crippen molar-refractivity contribution in [1.29, 1.82) is 0 Å². The fourth-order valence-electron chi connectivity index (χ4n) is 1.51. The monoisotopic (exact) mass is 317 g/mol. The average Bonchev–Trinajstić information content (AvgIpc) is 2.70. The highest BCUT2D eigenvalue weighted by Gasteiger charge is 2.14. The summed E-state index contributed by atoms with van der Waals surface area (Å²) < 4.78 is 4.55. The van der Waals surface area contributed by atoms with Gasteiger partial charge in [0.2, 0.25) is 0 Å².